The molecule has 16 heavy (non-hydrogen) atoms. The van der Waals surface area contributed by atoms with Gasteiger partial charge in [0, 0.05) is 6.61 Å². The van der Waals surface area contributed by atoms with E-state index in [0.717, 1.165) is 19.3 Å². The Labute approximate surface area is 95.6 Å². The van der Waals surface area contributed by atoms with Gasteiger partial charge in [0.15, 0.2) is 0 Å². The van der Waals surface area contributed by atoms with Crippen LogP contribution < -0.4 is 0 Å². The Balaban J connectivity index is 2.11. The van der Waals surface area contributed by atoms with Crippen molar-refractivity contribution >= 4 is 5.97 Å². The Morgan fingerprint density at radius 2 is 1.88 bits per heavy atom. The van der Waals surface area contributed by atoms with Gasteiger partial charge in [-0.3, -0.25) is 4.79 Å². The first-order valence-electron chi connectivity index (χ1n) is 6.18. The van der Waals surface area contributed by atoms with E-state index in [0.29, 0.717) is 32.3 Å². The van der Waals surface area contributed by atoms with Gasteiger partial charge >= 0.3 is 5.97 Å². The van der Waals surface area contributed by atoms with Gasteiger partial charge in [-0.2, -0.15) is 0 Å². The van der Waals surface area contributed by atoms with E-state index in [-0.39, 0.29) is 12.2 Å². The highest BCUT2D eigenvalue weighted by Crippen LogP contribution is 2.43. The maximum absolute atomic E-state index is 11.5. The van der Waals surface area contributed by atoms with Gasteiger partial charge in [0.2, 0.25) is 0 Å². The minimum Gasteiger partial charge on any atom is -0.481 e. The number of aliphatic hydroxyl groups excluding tert-OH is 1. The maximum atomic E-state index is 11.5. The average Bonchev–Trinajstić information content (AvgIpc) is 2.31. The van der Waals surface area contributed by atoms with Gasteiger partial charge in [-0.1, -0.05) is 0 Å². The van der Waals surface area contributed by atoms with E-state index < -0.39 is 11.4 Å². The van der Waals surface area contributed by atoms with E-state index in [1.807, 2.05) is 0 Å². The lowest BCUT2D eigenvalue weighted by Gasteiger charge is -2.42. The van der Waals surface area contributed by atoms with Crippen molar-refractivity contribution in [3.05, 3.63) is 0 Å². The van der Waals surface area contributed by atoms with Crippen molar-refractivity contribution in [2.75, 3.05) is 6.61 Å². The number of aliphatic carboxylic acids is 1. The van der Waals surface area contributed by atoms with Crippen LogP contribution in [0.1, 0.15) is 44.9 Å². The Bertz CT molecular complexity index is 250. The van der Waals surface area contributed by atoms with Crippen LogP contribution in [0.25, 0.3) is 0 Å². The van der Waals surface area contributed by atoms with Crippen LogP contribution in [0.5, 0.6) is 0 Å². The zero-order chi connectivity index (χ0) is 11.6. The summed E-state index contributed by atoms with van der Waals surface area (Å²) in [6, 6.07) is 0. The second-order valence-corrected chi connectivity index (χ2v) is 5.05. The van der Waals surface area contributed by atoms with Crippen LogP contribution in [-0.2, 0) is 9.53 Å². The number of ether oxygens (including phenoxy) is 1. The lowest BCUT2D eigenvalue weighted by Crippen LogP contribution is -2.48. The quantitative estimate of drug-likeness (QED) is 0.752. The number of aliphatic hydroxyl groups is 1. The summed E-state index contributed by atoms with van der Waals surface area (Å²) in [5.74, 6) is -0.744. The van der Waals surface area contributed by atoms with Crippen LogP contribution in [0.3, 0.4) is 0 Å². The first-order chi connectivity index (χ1) is 7.65. The molecule has 2 N–H and O–H groups in total. The minimum absolute atomic E-state index is 0.147. The van der Waals surface area contributed by atoms with E-state index in [2.05, 4.69) is 0 Å². The number of hydrogen-bond acceptors (Lipinski definition) is 3. The van der Waals surface area contributed by atoms with Crippen LogP contribution in [-0.4, -0.2) is 35.0 Å². The zero-order valence-electron chi connectivity index (χ0n) is 9.52. The molecule has 1 unspecified atom stereocenters. The molecule has 2 rings (SSSR count). The molecule has 1 saturated carbocycles. The largest absolute Gasteiger partial charge is 0.481 e. The van der Waals surface area contributed by atoms with Gasteiger partial charge in [-0.25, -0.2) is 0 Å². The van der Waals surface area contributed by atoms with Gasteiger partial charge in [0.05, 0.1) is 17.6 Å². The Morgan fingerprint density at radius 3 is 2.38 bits per heavy atom. The topological polar surface area (TPSA) is 66.8 Å². The third-order valence-corrected chi connectivity index (χ3v) is 4.07. The molecule has 0 radical (unpaired) electrons. The average molecular weight is 228 g/mol. The third-order valence-electron chi connectivity index (χ3n) is 4.07. The number of rotatable bonds is 2. The molecule has 4 heteroatoms. The van der Waals surface area contributed by atoms with E-state index in [1.54, 1.807) is 0 Å². The fourth-order valence-electron chi connectivity index (χ4n) is 2.97. The summed E-state index contributed by atoms with van der Waals surface area (Å²) in [7, 11) is 0. The molecule has 0 amide bonds. The molecule has 0 bridgehead atoms. The van der Waals surface area contributed by atoms with Gasteiger partial charge < -0.3 is 14.9 Å². The van der Waals surface area contributed by atoms with Crippen molar-refractivity contribution in [2.24, 2.45) is 5.41 Å². The summed E-state index contributed by atoms with van der Waals surface area (Å²) >= 11 is 0. The molecule has 2 aliphatic rings. The van der Waals surface area contributed by atoms with Crippen LogP contribution >= 0.6 is 0 Å². The second-order valence-electron chi connectivity index (χ2n) is 5.05. The predicted octanol–water partition coefficient (Wildman–Crippen LogP) is 1.56. The second kappa shape index (κ2) is 4.72. The van der Waals surface area contributed by atoms with Crippen LogP contribution in [0.15, 0.2) is 0 Å². The van der Waals surface area contributed by atoms with Crippen molar-refractivity contribution < 1.29 is 19.7 Å². The van der Waals surface area contributed by atoms with Crippen LogP contribution in [0, 0.1) is 5.41 Å². The normalized spacial score (nSPS) is 40.6. The minimum atomic E-state index is -0.744. The third kappa shape index (κ3) is 2.09. The van der Waals surface area contributed by atoms with Crippen molar-refractivity contribution in [2.45, 2.75) is 57.2 Å². The summed E-state index contributed by atoms with van der Waals surface area (Å²) in [4.78, 5) is 11.5. The maximum Gasteiger partial charge on any atom is 0.312 e. The smallest absolute Gasteiger partial charge is 0.312 e. The molecule has 1 atom stereocenters. The Kier molecular flexibility index (Phi) is 3.50. The molecule has 1 heterocycles. The molecule has 1 saturated heterocycles. The molecule has 1 aliphatic heterocycles. The van der Waals surface area contributed by atoms with E-state index in [4.69, 9.17) is 4.74 Å². The van der Waals surface area contributed by atoms with E-state index >= 15 is 0 Å². The van der Waals surface area contributed by atoms with Crippen LogP contribution in [0.2, 0.25) is 0 Å². The molecule has 2 fully saturated rings. The van der Waals surface area contributed by atoms with Crippen molar-refractivity contribution in [1.82, 2.24) is 0 Å². The molecule has 4 nitrogen and oxygen atoms in total. The monoisotopic (exact) mass is 228 g/mol. The fraction of sp³-hybridized carbons (Fsp3) is 0.917. The highest BCUT2D eigenvalue weighted by molar-refractivity contribution is 5.75. The summed E-state index contributed by atoms with van der Waals surface area (Å²) in [5, 5.41) is 19.0. The lowest BCUT2D eigenvalue weighted by molar-refractivity contribution is -0.170. The van der Waals surface area contributed by atoms with Gasteiger partial charge in [-0.05, 0) is 44.9 Å². The fourth-order valence-corrected chi connectivity index (χ4v) is 2.97. The van der Waals surface area contributed by atoms with Gasteiger partial charge in [0.25, 0.3) is 0 Å². The molecular weight excluding hydrogens is 208 g/mol. The highest BCUT2D eigenvalue weighted by atomic mass is 16.5. The Morgan fingerprint density at radius 1 is 1.19 bits per heavy atom. The number of hydrogen-bond donors (Lipinski definition) is 2. The van der Waals surface area contributed by atoms with Gasteiger partial charge in [-0.15, -0.1) is 0 Å². The van der Waals surface area contributed by atoms with E-state index in [1.165, 1.54) is 0 Å². The number of carboxylic acid groups (broad SMARTS) is 1. The Hall–Kier alpha value is -0.610. The summed E-state index contributed by atoms with van der Waals surface area (Å²) in [6.45, 7) is 0.683. The first kappa shape index (κ1) is 11.9. The molecule has 0 aromatic heterocycles. The molecule has 92 valence electrons. The van der Waals surface area contributed by atoms with Crippen molar-refractivity contribution in [3.8, 4) is 0 Å². The number of carbonyl (C=O) groups is 1. The van der Waals surface area contributed by atoms with Crippen molar-refractivity contribution in [3.63, 3.8) is 0 Å². The van der Waals surface area contributed by atoms with Gasteiger partial charge in [0.1, 0.15) is 0 Å². The lowest BCUT2D eigenvalue weighted by atomic mass is 9.68. The molecule has 0 aromatic rings. The standard InChI is InChI=1S/C12H20O4/c13-9-4-6-12(7-5-9,11(14)15)10-3-1-2-8-16-10/h9-10,13H,1-8H2,(H,14,15). The zero-order valence-corrected chi connectivity index (χ0v) is 9.52. The molecular formula is C12H20O4. The summed E-state index contributed by atoms with van der Waals surface area (Å²) < 4.78 is 5.65. The van der Waals surface area contributed by atoms with Crippen LogP contribution in [0.4, 0.5) is 0 Å². The highest BCUT2D eigenvalue weighted by Gasteiger charge is 2.48. The predicted molar refractivity (Wildman–Crippen MR) is 58.1 cm³/mol. The summed E-state index contributed by atoms with van der Waals surface area (Å²) in [6.07, 6.45) is 4.75. The SMILES string of the molecule is O=C(O)C1(C2CCCCO2)CCC(O)CC1. The summed E-state index contributed by atoms with van der Waals surface area (Å²) in [5.41, 5.74) is -0.736. The van der Waals surface area contributed by atoms with Crippen molar-refractivity contribution in [1.29, 1.82) is 0 Å². The molecule has 1 aliphatic carbocycles. The number of carboxylic acids is 1. The first-order valence-corrected chi connectivity index (χ1v) is 6.18. The molecule has 0 aromatic carbocycles. The molecule has 0 spiro atoms. The van der Waals surface area contributed by atoms with E-state index in [9.17, 15) is 15.0 Å².